The van der Waals surface area contributed by atoms with Crippen molar-refractivity contribution in [2.24, 2.45) is 11.8 Å². The molecule has 50 valence electrons. The molecule has 1 rings (SSSR count). The number of rotatable bonds is 1. The van der Waals surface area contributed by atoms with Crippen LogP contribution in [0, 0.1) is 23.7 Å². The molecule has 0 N–H and O–H groups in total. The molecule has 1 aliphatic carbocycles. The fraction of sp³-hybridized carbons (Fsp3) is 0.778. The minimum atomic E-state index is 0.937. The molecule has 0 unspecified atom stereocenters. The van der Waals surface area contributed by atoms with E-state index in [9.17, 15) is 0 Å². The number of hydrogen-bond acceptors (Lipinski definition) is 0. The van der Waals surface area contributed by atoms with Crippen molar-refractivity contribution in [1.82, 2.24) is 0 Å². The molecular weight excluding hydrogens is 108 g/mol. The average Bonchev–Trinajstić information content (AvgIpc) is 1.78. The zero-order valence-corrected chi connectivity index (χ0v) is 6.28. The fourth-order valence-electron chi connectivity index (χ4n) is 1.48. The Labute approximate surface area is 57.7 Å². The summed E-state index contributed by atoms with van der Waals surface area (Å²) in [6, 6.07) is 0. The summed E-state index contributed by atoms with van der Waals surface area (Å²) in [5, 5.41) is 0. The minimum Gasteiger partial charge on any atom is -0.107 e. The molecule has 0 radical (unpaired) electrons. The average molecular weight is 122 g/mol. The van der Waals surface area contributed by atoms with Crippen LogP contribution in [0.5, 0.6) is 0 Å². The summed E-state index contributed by atoms with van der Waals surface area (Å²) < 4.78 is 0. The highest BCUT2D eigenvalue weighted by Crippen LogP contribution is 2.34. The summed E-state index contributed by atoms with van der Waals surface area (Å²) in [6.07, 6.45) is 3.96. The molecule has 0 aromatic carbocycles. The van der Waals surface area contributed by atoms with E-state index in [1.165, 1.54) is 12.8 Å². The molecule has 0 aromatic heterocycles. The van der Waals surface area contributed by atoms with E-state index in [0.29, 0.717) is 0 Å². The van der Waals surface area contributed by atoms with E-state index in [1.54, 1.807) is 0 Å². The Morgan fingerprint density at radius 3 is 2.56 bits per heavy atom. The highest BCUT2D eigenvalue weighted by atomic mass is 14.3. The van der Waals surface area contributed by atoms with E-state index in [1.807, 2.05) is 6.92 Å². The molecule has 0 heterocycles. The molecule has 0 nitrogen and oxygen atoms in total. The lowest BCUT2D eigenvalue weighted by atomic mass is 9.75. The maximum Gasteiger partial charge on any atom is 0.0117 e. The first-order valence-electron chi connectivity index (χ1n) is 3.72. The lowest BCUT2D eigenvalue weighted by molar-refractivity contribution is 0.217. The van der Waals surface area contributed by atoms with Crippen LogP contribution >= 0.6 is 0 Å². The van der Waals surface area contributed by atoms with Crippen LogP contribution in [0.25, 0.3) is 0 Å². The van der Waals surface area contributed by atoms with Gasteiger partial charge in [-0.1, -0.05) is 6.92 Å². The van der Waals surface area contributed by atoms with E-state index in [0.717, 1.165) is 18.3 Å². The van der Waals surface area contributed by atoms with Crippen LogP contribution in [-0.4, -0.2) is 0 Å². The quantitative estimate of drug-likeness (QED) is 0.469. The van der Waals surface area contributed by atoms with Gasteiger partial charge in [0.1, 0.15) is 0 Å². The molecular formula is C9H14. The van der Waals surface area contributed by atoms with E-state index < -0.39 is 0 Å². The van der Waals surface area contributed by atoms with Gasteiger partial charge in [-0.2, -0.15) is 0 Å². The van der Waals surface area contributed by atoms with Crippen LogP contribution in [0.3, 0.4) is 0 Å². The van der Waals surface area contributed by atoms with Crippen molar-refractivity contribution in [3.05, 3.63) is 0 Å². The molecule has 0 aromatic rings. The molecule has 0 amide bonds. The second-order valence-corrected chi connectivity index (χ2v) is 3.07. The predicted molar refractivity (Wildman–Crippen MR) is 40.0 cm³/mol. The van der Waals surface area contributed by atoms with Gasteiger partial charge in [-0.25, -0.2) is 0 Å². The Hall–Kier alpha value is -0.440. The standard InChI is InChI=1S/C9H14/c1-3-4-5-9-6-8(2)7-9/h8-9H,5-7H2,1-2H3. The normalized spacial score (nSPS) is 32.2. The molecule has 1 saturated carbocycles. The van der Waals surface area contributed by atoms with Crippen molar-refractivity contribution in [2.75, 3.05) is 0 Å². The molecule has 0 aliphatic heterocycles. The van der Waals surface area contributed by atoms with Crippen molar-refractivity contribution in [1.29, 1.82) is 0 Å². The van der Waals surface area contributed by atoms with Crippen LogP contribution in [0.1, 0.15) is 33.1 Å². The van der Waals surface area contributed by atoms with Crippen LogP contribution in [0.2, 0.25) is 0 Å². The van der Waals surface area contributed by atoms with E-state index in [2.05, 4.69) is 18.8 Å². The second-order valence-electron chi connectivity index (χ2n) is 3.07. The molecule has 0 saturated heterocycles. The lowest BCUT2D eigenvalue weighted by Crippen LogP contribution is -2.19. The van der Waals surface area contributed by atoms with Gasteiger partial charge in [0, 0.05) is 6.42 Å². The molecule has 0 heteroatoms. The molecule has 9 heavy (non-hydrogen) atoms. The number of hydrogen-bond donors (Lipinski definition) is 0. The first-order chi connectivity index (χ1) is 4.33. The Kier molecular flexibility index (Phi) is 2.16. The van der Waals surface area contributed by atoms with E-state index in [4.69, 9.17) is 0 Å². The summed E-state index contributed by atoms with van der Waals surface area (Å²) in [5.74, 6) is 7.97. The molecule has 0 spiro atoms. The van der Waals surface area contributed by atoms with Gasteiger partial charge >= 0.3 is 0 Å². The van der Waals surface area contributed by atoms with Crippen molar-refractivity contribution >= 4 is 0 Å². The highest BCUT2D eigenvalue weighted by Gasteiger charge is 2.23. The topological polar surface area (TPSA) is 0 Å². The van der Waals surface area contributed by atoms with Crippen molar-refractivity contribution in [3.63, 3.8) is 0 Å². The Balaban J connectivity index is 2.08. The maximum atomic E-state index is 3.12. The third-order valence-corrected chi connectivity index (χ3v) is 2.04. The predicted octanol–water partition coefficient (Wildman–Crippen LogP) is 2.45. The lowest BCUT2D eigenvalue weighted by Gasteiger charge is -2.30. The zero-order chi connectivity index (χ0) is 6.69. The van der Waals surface area contributed by atoms with Crippen LogP contribution in [0.15, 0.2) is 0 Å². The van der Waals surface area contributed by atoms with Gasteiger partial charge in [0.2, 0.25) is 0 Å². The van der Waals surface area contributed by atoms with Gasteiger partial charge in [0.15, 0.2) is 0 Å². The smallest absolute Gasteiger partial charge is 0.0117 e. The van der Waals surface area contributed by atoms with Gasteiger partial charge in [0.25, 0.3) is 0 Å². The van der Waals surface area contributed by atoms with Gasteiger partial charge in [-0.05, 0) is 31.6 Å². The fourth-order valence-corrected chi connectivity index (χ4v) is 1.48. The van der Waals surface area contributed by atoms with Gasteiger partial charge in [-0.3, -0.25) is 0 Å². The van der Waals surface area contributed by atoms with Crippen LogP contribution in [0.4, 0.5) is 0 Å². The monoisotopic (exact) mass is 122 g/mol. The molecule has 1 aliphatic rings. The van der Waals surface area contributed by atoms with Crippen LogP contribution in [-0.2, 0) is 0 Å². The maximum absolute atomic E-state index is 3.12. The largest absolute Gasteiger partial charge is 0.107 e. The first-order valence-corrected chi connectivity index (χ1v) is 3.72. The van der Waals surface area contributed by atoms with Gasteiger partial charge in [-0.15, -0.1) is 11.8 Å². The summed E-state index contributed by atoms with van der Waals surface area (Å²) in [5.41, 5.74) is 0. The molecule has 1 fully saturated rings. The van der Waals surface area contributed by atoms with Crippen molar-refractivity contribution in [2.45, 2.75) is 33.1 Å². The first kappa shape index (κ1) is 6.68. The van der Waals surface area contributed by atoms with Crippen LogP contribution < -0.4 is 0 Å². The van der Waals surface area contributed by atoms with Gasteiger partial charge in [0.05, 0.1) is 0 Å². The van der Waals surface area contributed by atoms with E-state index >= 15 is 0 Å². The SMILES string of the molecule is CC#CCC1CC(C)C1. The third kappa shape index (κ3) is 1.75. The van der Waals surface area contributed by atoms with Crippen molar-refractivity contribution in [3.8, 4) is 11.8 Å². The summed E-state index contributed by atoms with van der Waals surface area (Å²) in [6.45, 7) is 4.23. The highest BCUT2D eigenvalue weighted by molar-refractivity contribution is 4.98. The summed E-state index contributed by atoms with van der Waals surface area (Å²) >= 11 is 0. The summed E-state index contributed by atoms with van der Waals surface area (Å²) in [7, 11) is 0. The zero-order valence-electron chi connectivity index (χ0n) is 6.28. The molecule has 0 bridgehead atoms. The summed E-state index contributed by atoms with van der Waals surface area (Å²) in [4.78, 5) is 0. The Morgan fingerprint density at radius 1 is 1.44 bits per heavy atom. The second kappa shape index (κ2) is 2.92. The minimum absolute atomic E-state index is 0.937. The molecule has 0 atom stereocenters. The van der Waals surface area contributed by atoms with E-state index in [-0.39, 0.29) is 0 Å². The third-order valence-electron chi connectivity index (χ3n) is 2.04. The van der Waals surface area contributed by atoms with Crippen molar-refractivity contribution < 1.29 is 0 Å². The van der Waals surface area contributed by atoms with Gasteiger partial charge < -0.3 is 0 Å². The Bertz CT molecular complexity index is 130. The Morgan fingerprint density at radius 2 is 2.11 bits per heavy atom.